The molecule has 2 aromatic rings. The zero-order chi connectivity index (χ0) is 16.1. The molecule has 2 N–H and O–H groups in total. The molecule has 22 heavy (non-hydrogen) atoms. The fourth-order valence-corrected chi connectivity index (χ4v) is 2.81. The summed E-state index contributed by atoms with van der Waals surface area (Å²) in [5.41, 5.74) is 9.16. The van der Waals surface area contributed by atoms with E-state index in [1.165, 1.54) is 17.8 Å². The zero-order valence-electron chi connectivity index (χ0n) is 13.0. The van der Waals surface area contributed by atoms with Crippen molar-refractivity contribution in [1.82, 2.24) is 0 Å². The van der Waals surface area contributed by atoms with Gasteiger partial charge in [0.25, 0.3) is 0 Å². The van der Waals surface area contributed by atoms with Crippen molar-refractivity contribution in [1.29, 1.82) is 0 Å². The summed E-state index contributed by atoms with van der Waals surface area (Å²) in [4.78, 5) is 16.0. The van der Waals surface area contributed by atoms with Crippen molar-refractivity contribution in [3.63, 3.8) is 0 Å². The number of aryl methyl sites for hydroxylation is 2. The molecule has 6 heteroatoms. The van der Waals surface area contributed by atoms with E-state index < -0.39 is 0 Å². The molecule has 0 aliphatic rings. The van der Waals surface area contributed by atoms with E-state index in [0.29, 0.717) is 29.7 Å². The second-order valence-corrected chi connectivity index (χ2v) is 5.97. The second kappa shape index (κ2) is 7.47. The third-order valence-corrected chi connectivity index (χ3v) is 4.34. The minimum absolute atomic E-state index is 0.341. The molecule has 1 aromatic carbocycles. The number of methoxy groups -OCH3 is 1. The van der Waals surface area contributed by atoms with Gasteiger partial charge in [-0.05, 0) is 30.5 Å². The van der Waals surface area contributed by atoms with Crippen LogP contribution in [0.5, 0.6) is 0 Å². The number of amidine groups is 1. The number of rotatable bonds is 5. The Morgan fingerprint density at radius 2 is 2.18 bits per heavy atom. The minimum Gasteiger partial charge on any atom is -0.422 e. The molecular weight excluding hydrogens is 300 g/mol. The lowest BCUT2D eigenvalue weighted by Crippen LogP contribution is -2.10. The summed E-state index contributed by atoms with van der Waals surface area (Å²) in [6.45, 7) is 5.03. The Morgan fingerprint density at radius 1 is 1.41 bits per heavy atom. The van der Waals surface area contributed by atoms with Crippen LogP contribution in [-0.4, -0.2) is 25.4 Å². The van der Waals surface area contributed by atoms with Gasteiger partial charge in [-0.25, -0.2) is 4.79 Å². The molecule has 0 atom stereocenters. The molecule has 1 aromatic heterocycles. The number of fused-ring (bicyclic) bond motifs is 1. The highest BCUT2D eigenvalue weighted by Gasteiger charge is 2.10. The molecular formula is C16H20N2O3S. The van der Waals surface area contributed by atoms with Gasteiger partial charge in [-0.1, -0.05) is 23.9 Å². The molecule has 5 nitrogen and oxygen atoms in total. The van der Waals surface area contributed by atoms with Crippen molar-refractivity contribution >= 4 is 27.9 Å². The van der Waals surface area contributed by atoms with Crippen molar-refractivity contribution in [3.8, 4) is 0 Å². The fourth-order valence-electron chi connectivity index (χ4n) is 2.09. The number of thioether (sulfide) groups is 1. The lowest BCUT2D eigenvalue weighted by Gasteiger charge is -2.08. The monoisotopic (exact) mass is 320 g/mol. The summed E-state index contributed by atoms with van der Waals surface area (Å²) in [7, 11) is 1.62. The number of hydrogen-bond acceptors (Lipinski definition) is 5. The Balaban J connectivity index is 2.26. The molecule has 0 fully saturated rings. The number of nitrogens with two attached hydrogens (primary N) is 1. The van der Waals surface area contributed by atoms with E-state index in [2.05, 4.69) is 4.99 Å². The molecule has 0 aliphatic carbocycles. The van der Waals surface area contributed by atoms with Crippen LogP contribution in [0.4, 0.5) is 0 Å². The first kappa shape index (κ1) is 16.6. The molecule has 2 rings (SSSR count). The van der Waals surface area contributed by atoms with Crippen LogP contribution in [0.25, 0.3) is 11.0 Å². The highest BCUT2D eigenvalue weighted by Crippen LogP contribution is 2.25. The van der Waals surface area contributed by atoms with Crippen LogP contribution in [-0.2, 0) is 10.5 Å². The van der Waals surface area contributed by atoms with Crippen LogP contribution in [0.3, 0.4) is 0 Å². The standard InChI is InChI=1S/C16H20N2O3S/c1-10-4-5-13-12(8-14(19)21-15(13)11(10)2)9-22-16(17)18-6-7-20-3/h4-5,8H,6-7,9H2,1-3H3,(H2,17,18). The van der Waals surface area contributed by atoms with E-state index in [0.717, 1.165) is 22.1 Å². The van der Waals surface area contributed by atoms with Crippen LogP contribution in [0.2, 0.25) is 0 Å². The normalized spacial score (nSPS) is 12.0. The van der Waals surface area contributed by atoms with Crippen molar-refractivity contribution in [2.24, 2.45) is 10.7 Å². The van der Waals surface area contributed by atoms with Gasteiger partial charge in [0.1, 0.15) is 5.58 Å². The summed E-state index contributed by atoms with van der Waals surface area (Å²) in [6, 6.07) is 5.53. The molecule has 118 valence electrons. The third kappa shape index (κ3) is 3.90. The van der Waals surface area contributed by atoms with E-state index in [9.17, 15) is 4.79 Å². The summed E-state index contributed by atoms with van der Waals surface area (Å²) in [5, 5.41) is 1.43. The predicted octanol–water partition coefficient (Wildman–Crippen LogP) is 2.60. The Bertz CT molecular complexity index is 753. The fraction of sp³-hybridized carbons (Fsp3) is 0.375. The van der Waals surface area contributed by atoms with Crippen molar-refractivity contribution in [3.05, 3.63) is 45.3 Å². The molecule has 0 amide bonds. The van der Waals surface area contributed by atoms with Crippen molar-refractivity contribution < 1.29 is 9.15 Å². The highest BCUT2D eigenvalue weighted by molar-refractivity contribution is 8.13. The van der Waals surface area contributed by atoms with Gasteiger partial charge < -0.3 is 14.9 Å². The molecule has 0 saturated carbocycles. The molecule has 0 spiro atoms. The maximum Gasteiger partial charge on any atom is 0.336 e. The molecule has 1 heterocycles. The van der Waals surface area contributed by atoms with Gasteiger partial charge in [0, 0.05) is 24.3 Å². The van der Waals surface area contributed by atoms with E-state index in [1.54, 1.807) is 7.11 Å². The van der Waals surface area contributed by atoms with Gasteiger partial charge in [0.15, 0.2) is 5.17 Å². The first-order valence-electron chi connectivity index (χ1n) is 6.97. The SMILES string of the molecule is COCCN=C(N)SCc1cc(=O)oc2c(C)c(C)ccc12. The van der Waals surface area contributed by atoms with E-state index in [-0.39, 0.29) is 5.63 Å². The predicted molar refractivity (Wildman–Crippen MR) is 91.6 cm³/mol. The maximum absolute atomic E-state index is 11.8. The van der Waals surface area contributed by atoms with E-state index in [4.69, 9.17) is 14.9 Å². The Morgan fingerprint density at radius 3 is 2.91 bits per heavy atom. The van der Waals surface area contributed by atoms with Gasteiger partial charge >= 0.3 is 5.63 Å². The Kier molecular flexibility index (Phi) is 5.63. The molecule has 0 saturated heterocycles. The number of nitrogens with zero attached hydrogens (tertiary/aromatic N) is 1. The average molecular weight is 320 g/mol. The van der Waals surface area contributed by atoms with E-state index >= 15 is 0 Å². The van der Waals surface area contributed by atoms with Crippen LogP contribution in [0, 0.1) is 13.8 Å². The van der Waals surface area contributed by atoms with E-state index in [1.807, 2.05) is 26.0 Å². The van der Waals surface area contributed by atoms with Gasteiger partial charge in [-0.2, -0.15) is 0 Å². The van der Waals surface area contributed by atoms with Crippen LogP contribution >= 0.6 is 11.8 Å². The lowest BCUT2D eigenvalue weighted by molar-refractivity contribution is 0.208. The molecule has 0 unspecified atom stereocenters. The van der Waals surface area contributed by atoms with Gasteiger partial charge in [0.2, 0.25) is 0 Å². The number of hydrogen-bond donors (Lipinski definition) is 1. The first-order valence-corrected chi connectivity index (χ1v) is 7.96. The summed E-state index contributed by atoms with van der Waals surface area (Å²) >= 11 is 1.41. The van der Waals surface area contributed by atoms with Gasteiger partial charge in [0.05, 0.1) is 13.2 Å². The molecule has 0 bridgehead atoms. The molecule has 0 aliphatic heterocycles. The first-order chi connectivity index (χ1) is 10.5. The second-order valence-electron chi connectivity index (χ2n) is 4.98. The Labute approximate surface area is 133 Å². The Hall–Kier alpha value is -1.79. The van der Waals surface area contributed by atoms with Crippen LogP contribution in [0.15, 0.2) is 32.4 Å². The minimum atomic E-state index is -0.341. The van der Waals surface area contributed by atoms with Crippen LogP contribution < -0.4 is 11.4 Å². The largest absolute Gasteiger partial charge is 0.422 e. The van der Waals surface area contributed by atoms with Crippen LogP contribution in [0.1, 0.15) is 16.7 Å². The summed E-state index contributed by atoms with van der Waals surface area (Å²) in [5.74, 6) is 0.576. The third-order valence-electron chi connectivity index (χ3n) is 3.46. The van der Waals surface area contributed by atoms with Gasteiger partial charge in [-0.3, -0.25) is 4.99 Å². The highest BCUT2D eigenvalue weighted by atomic mass is 32.2. The number of aliphatic imine (C=N–C) groups is 1. The lowest BCUT2D eigenvalue weighted by atomic mass is 10.0. The zero-order valence-corrected chi connectivity index (χ0v) is 13.8. The van der Waals surface area contributed by atoms with Gasteiger partial charge in [-0.15, -0.1) is 0 Å². The number of benzene rings is 1. The quantitative estimate of drug-likeness (QED) is 0.396. The smallest absolute Gasteiger partial charge is 0.336 e. The number of ether oxygens (including phenoxy) is 1. The molecule has 0 radical (unpaired) electrons. The van der Waals surface area contributed by atoms with Crippen molar-refractivity contribution in [2.45, 2.75) is 19.6 Å². The van der Waals surface area contributed by atoms with Crippen molar-refractivity contribution in [2.75, 3.05) is 20.3 Å². The summed E-state index contributed by atoms with van der Waals surface area (Å²) < 4.78 is 10.3. The summed E-state index contributed by atoms with van der Waals surface area (Å²) in [6.07, 6.45) is 0. The topological polar surface area (TPSA) is 77.8 Å². The maximum atomic E-state index is 11.8. The average Bonchev–Trinajstić information content (AvgIpc) is 2.49.